The predicted molar refractivity (Wildman–Crippen MR) is 82.4 cm³/mol. The normalized spacial score (nSPS) is 25.6. The fraction of sp³-hybridized carbons (Fsp3) is 0.412. The average Bonchev–Trinajstić information content (AvgIpc) is 3.16. The van der Waals surface area contributed by atoms with Gasteiger partial charge in [0.1, 0.15) is 17.4 Å². The van der Waals surface area contributed by atoms with Crippen molar-refractivity contribution in [2.45, 2.75) is 18.9 Å². The molecular formula is C17H18N2O3. The summed E-state index contributed by atoms with van der Waals surface area (Å²) in [5, 5.41) is 0. The first-order chi connectivity index (χ1) is 10.8. The first kappa shape index (κ1) is 13.4. The number of hydrogen-bond donors (Lipinski definition) is 0. The van der Waals surface area contributed by atoms with E-state index in [1.807, 2.05) is 18.2 Å². The van der Waals surface area contributed by atoms with E-state index < -0.39 is 0 Å². The lowest BCUT2D eigenvalue weighted by Crippen LogP contribution is -2.22. The Morgan fingerprint density at radius 1 is 1.00 bits per heavy atom. The second-order valence-corrected chi connectivity index (χ2v) is 5.80. The quantitative estimate of drug-likeness (QED) is 0.812. The highest BCUT2D eigenvalue weighted by Gasteiger charge is 2.38. The average molecular weight is 298 g/mol. The number of benzene rings is 1. The van der Waals surface area contributed by atoms with Gasteiger partial charge >= 0.3 is 0 Å². The lowest BCUT2D eigenvalue weighted by atomic mass is 10.0. The number of rotatable bonds is 4. The van der Waals surface area contributed by atoms with E-state index in [1.54, 1.807) is 14.2 Å². The van der Waals surface area contributed by atoms with Crippen LogP contribution in [0.25, 0.3) is 11.0 Å². The molecule has 3 unspecified atom stereocenters. The van der Waals surface area contributed by atoms with Crippen molar-refractivity contribution in [1.82, 2.24) is 9.97 Å². The summed E-state index contributed by atoms with van der Waals surface area (Å²) < 4.78 is 16.8. The molecular weight excluding hydrogens is 280 g/mol. The lowest BCUT2D eigenvalue weighted by Gasteiger charge is -2.20. The minimum Gasteiger partial charge on any atom is -0.494 e. The highest BCUT2D eigenvalue weighted by atomic mass is 16.5. The van der Waals surface area contributed by atoms with Gasteiger partial charge in [0.25, 0.3) is 11.8 Å². The number of ether oxygens (including phenoxy) is 3. The van der Waals surface area contributed by atoms with Gasteiger partial charge in [-0.1, -0.05) is 18.2 Å². The standard InChI is InChI=1S/C17H18N2O3/c1-20-13-5-3-4-12-15(13)19-16(21-2)17(18-12)22-14-9-10-6-7-11(14)8-10/h3-7,10-11,14H,8-9H2,1-2H3. The Morgan fingerprint density at radius 2 is 1.91 bits per heavy atom. The first-order valence-electron chi connectivity index (χ1n) is 7.52. The number of nitrogens with zero attached hydrogens (tertiary/aromatic N) is 2. The Morgan fingerprint density at radius 3 is 2.59 bits per heavy atom. The molecule has 114 valence electrons. The molecule has 0 radical (unpaired) electrons. The van der Waals surface area contributed by atoms with Crippen molar-refractivity contribution >= 4 is 11.0 Å². The zero-order valence-electron chi connectivity index (χ0n) is 12.7. The highest BCUT2D eigenvalue weighted by Crippen LogP contribution is 2.42. The molecule has 0 amide bonds. The van der Waals surface area contributed by atoms with Gasteiger partial charge in [0, 0.05) is 5.92 Å². The third kappa shape index (κ3) is 2.08. The summed E-state index contributed by atoms with van der Waals surface area (Å²) in [6.45, 7) is 0. The zero-order chi connectivity index (χ0) is 15.1. The van der Waals surface area contributed by atoms with Crippen molar-refractivity contribution in [3.8, 4) is 17.5 Å². The van der Waals surface area contributed by atoms with Gasteiger partial charge in [-0.15, -0.1) is 0 Å². The van der Waals surface area contributed by atoms with Crippen LogP contribution >= 0.6 is 0 Å². The fourth-order valence-electron chi connectivity index (χ4n) is 3.40. The number of hydrogen-bond acceptors (Lipinski definition) is 5. The molecule has 2 aromatic rings. The second kappa shape index (κ2) is 5.16. The van der Waals surface area contributed by atoms with Gasteiger partial charge < -0.3 is 14.2 Å². The van der Waals surface area contributed by atoms with Crippen molar-refractivity contribution < 1.29 is 14.2 Å². The highest BCUT2D eigenvalue weighted by molar-refractivity contribution is 5.82. The van der Waals surface area contributed by atoms with Crippen LogP contribution in [-0.2, 0) is 0 Å². The summed E-state index contributed by atoms with van der Waals surface area (Å²) in [7, 11) is 3.20. The number of methoxy groups -OCH3 is 2. The maximum absolute atomic E-state index is 6.12. The lowest BCUT2D eigenvalue weighted by molar-refractivity contribution is 0.159. The number of para-hydroxylation sites is 1. The van der Waals surface area contributed by atoms with Crippen molar-refractivity contribution in [3.63, 3.8) is 0 Å². The molecule has 0 saturated heterocycles. The maximum atomic E-state index is 6.12. The molecule has 5 nitrogen and oxygen atoms in total. The Balaban J connectivity index is 1.72. The Hall–Kier alpha value is -2.30. The van der Waals surface area contributed by atoms with E-state index in [0.717, 1.165) is 11.9 Å². The van der Waals surface area contributed by atoms with Crippen LogP contribution in [0.5, 0.6) is 17.5 Å². The van der Waals surface area contributed by atoms with Gasteiger partial charge in [0.15, 0.2) is 0 Å². The molecule has 0 N–H and O–H groups in total. The van der Waals surface area contributed by atoms with Crippen LogP contribution in [0.1, 0.15) is 12.8 Å². The second-order valence-electron chi connectivity index (χ2n) is 5.80. The first-order valence-corrected chi connectivity index (χ1v) is 7.52. The molecule has 2 aliphatic rings. The molecule has 1 fully saturated rings. The molecule has 22 heavy (non-hydrogen) atoms. The summed E-state index contributed by atoms with van der Waals surface area (Å²) in [6.07, 6.45) is 6.94. The molecule has 1 saturated carbocycles. The summed E-state index contributed by atoms with van der Waals surface area (Å²) in [5.41, 5.74) is 1.43. The molecule has 4 rings (SSSR count). The van der Waals surface area contributed by atoms with Crippen molar-refractivity contribution in [3.05, 3.63) is 30.4 Å². The fourth-order valence-corrected chi connectivity index (χ4v) is 3.40. The SMILES string of the molecule is COc1nc2c(OC)cccc2nc1OC1CC2C=CC1C2. The van der Waals surface area contributed by atoms with Crippen LogP contribution in [-0.4, -0.2) is 30.3 Å². The van der Waals surface area contributed by atoms with Crippen molar-refractivity contribution in [2.24, 2.45) is 11.8 Å². The van der Waals surface area contributed by atoms with E-state index in [1.165, 1.54) is 6.42 Å². The van der Waals surface area contributed by atoms with Crippen LogP contribution in [0.3, 0.4) is 0 Å². The molecule has 0 spiro atoms. The smallest absolute Gasteiger partial charge is 0.278 e. The van der Waals surface area contributed by atoms with E-state index in [-0.39, 0.29) is 6.10 Å². The summed E-state index contributed by atoms with van der Waals surface area (Å²) in [5.74, 6) is 2.68. The van der Waals surface area contributed by atoms with E-state index in [9.17, 15) is 0 Å². The Kier molecular flexibility index (Phi) is 3.13. The third-order valence-corrected chi connectivity index (χ3v) is 4.49. The minimum absolute atomic E-state index is 0.168. The van der Waals surface area contributed by atoms with E-state index in [4.69, 9.17) is 14.2 Å². The monoisotopic (exact) mass is 298 g/mol. The summed E-state index contributed by atoms with van der Waals surface area (Å²) >= 11 is 0. The third-order valence-electron chi connectivity index (χ3n) is 4.49. The van der Waals surface area contributed by atoms with Gasteiger partial charge in [-0.3, -0.25) is 0 Å². The summed E-state index contributed by atoms with van der Waals surface area (Å²) in [4.78, 5) is 9.10. The topological polar surface area (TPSA) is 53.5 Å². The minimum atomic E-state index is 0.168. The molecule has 1 heterocycles. The van der Waals surface area contributed by atoms with Gasteiger partial charge in [-0.05, 0) is 30.9 Å². The predicted octanol–water partition coefficient (Wildman–Crippen LogP) is 2.99. The summed E-state index contributed by atoms with van der Waals surface area (Å²) in [6, 6.07) is 5.65. The van der Waals surface area contributed by atoms with Gasteiger partial charge in [0.2, 0.25) is 0 Å². The molecule has 1 aromatic heterocycles. The molecule has 2 bridgehead atoms. The Bertz CT molecular complexity index is 744. The number of fused-ring (bicyclic) bond motifs is 3. The van der Waals surface area contributed by atoms with Crippen LogP contribution in [0.15, 0.2) is 30.4 Å². The van der Waals surface area contributed by atoms with Crippen LogP contribution in [0, 0.1) is 11.8 Å². The largest absolute Gasteiger partial charge is 0.494 e. The molecule has 2 aliphatic carbocycles. The molecule has 1 aromatic carbocycles. The van der Waals surface area contributed by atoms with Gasteiger partial charge in [-0.25, -0.2) is 9.97 Å². The van der Waals surface area contributed by atoms with Crippen LogP contribution in [0.4, 0.5) is 0 Å². The molecule has 5 heteroatoms. The van der Waals surface area contributed by atoms with Crippen LogP contribution < -0.4 is 14.2 Å². The van der Waals surface area contributed by atoms with Crippen molar-refractivity contribution in [2.75, 3.05) is 14.2 Å². The number of allylic oxidation sites excluding steroid dienone is 1. The molecule has 3 atom stereocenters. The zero-order valence-corrected chi connectivity index (χ0v) is 12.7. The van der Waals surface area contributed by atoms with Gasteiger partial charge in [0.05, 0.1) is 19.7 Å². The van der Waals surface area contributed by atoms with E-state index >= 15 is 0 Å². The number of aromatic nitrogens is 2. The molecule has 0 aliphatic heterocycles. The van der Waals surface area contributed by atoms with Crippen molar-refractivity contribution in [1.29, 1.82) is 0 Å². The Labute approximate surface area is 128 Å². The van der Waals surface area contributed by atoms with E-state index in [0.29, 0.717) is 34.9 Å². The van der Waals surface area contributed by atoms with Gasteiger partial charge in [-0.2, -0.15) is 0 Å². The van der Waals surface area contributed by atoms with E-state index in [2.05, 4.69) is 22.1 Å². The maximum Gasteiger partial charge on any atom is 0.278 e. The van der Waals surface area contributed by atoms with Crippen LogP contribution in [0.2, 0.25) is 0 Å².